The van der Waals surface area contributed by atoms with Gasteiger partial charge in [-0.25, -0.2) is 4.98 Å². The Morgan fingerprint density at radius 3 is 3.00 bits per heavy atom. The Morgan fingerprint density at radius 1 is 1.86 bits per heavy atom. The topological polar surface area (TPSA) is 12.9 Å². The molecule has 0 bridgehead atoms. The Kier molecular flexibility index (Phi) is 1.65. The second kappa shape index (κ2) is 2.28. The monoisotopic (exact) mass is 132 g/mol. The van der Waals surface area contributed by atoms with Crippen molar-refractivity contribution in [1.82, 2.24) is 4.98 Å². The summed E-state index contributed by atoms with van der Waals surface area (Å²) in [6.45, 7) is 0. The molecule has 0 atom stereocenters. The highest BCUT2D eigenvalue weighted by molar-refractivity contribution is 7.07. The van der Waals surface area contributed by atoms with Crippen molar-refractivity contribution >= 4 is 22.9 Å². The molecule has 0 unspecified atom stereocenters. The molecule has 0 spiro atoms. The molecule has 1 heterocycles. The fourth-order valence-corrected chi connectivity index (χ4v) is 0.982. The summed E-state index contributed by atoms with van der Waals surface area (Å²) >= 11 is 6.82. The molecule has 7 heavy (non-hydrogen) atoms. The summed E-state index contributed by atoms with van der Waals surface area (Å²) in [6, 6.07) is 0. The molecule has 0 saturated carbocycles. The van der Waals surface area contributed by atoms with Gasteiger partial charge in [0.1, 0.15) is 0 Å². The third-order valence-corrected chi connectivity index (χ3v) is 1.39. The van der Waals surface area contributed by atoms with Gasteiger partial charge in [-0.2, -0.15) is 0 Å². The van der Waals surface area contributed by atoms with Gasteiger partial charge >= 0.3 is 0 Å². The molecule has 0 amide bonds. The van der Waals surface area contributed by atoms with Crippen LogP contribution in [0.3, 0.4) is 0 Å². The van der Waals surface area contributed by atoms with Crippen LogP contribution in [0.25, 0.3) is 0 Å². The van der Waals surface area contributed by atoms with Gasteiger partial charge in [0, 0.05) is 5.38 Å². The van der Waals surface area contributed by atoms with Crippen LogP contribution in [0.1, 0.15) is 5.69 Å². The van der Waals surface area contributed by atoms with E-state index in [-0.39, 0.29) is 0 Å². The highest BCUT2D eigenvalue weighted by Gasteiger charge is 1.86. The minimum atomic E-state index is 0.840. The minimum Gasteiger partial charge on any atom is -0.248 e. The van der Waals surface area contributed by atoms with Crippen molar-refractivity contribution in [3.8, 4) is 0 Å². The predicted octanol–water partition coefficient (Wildman–Crippen LogP) is 1.89. The van der Waals surface area contributed by atoms with E-state index in [1.165, 1.54) is 17.2 Å². The lowest BCUT2D eigenvalue weighted by atomic mass is 10.6. The van der Waals surface area contributed by atoms with Gasteiger partial charge in [-0.15, -0.1) is 22.9 Å². The highest BCUT2D eigenvalue weighted by Crippen LogP contribution is 2.04. The molecule has 3 heteroatoms. The van der Waals surface area contributed by atoms with E-state index in [0.29, 0.717) is 0 Å². The number of nitrogens with zero attached hydrogens (tertiary/aromatic N) is 1. The SMILES string of the molecule is Cl[CH]c1cscn1. The van der Waals surface area contributed by atoms with Crippen molar-refractivity contribution in [2.45, 2.75) is 0 Å². The number of hydrogen-bond acceptors (Lipinski definition) is 2. The van der Waals surface area contributed by atoms with Gasteiger partial charge in [-0.05, 0) is 0 Å². The van der Waals surface area contributed by atoms with Crippen LogP contribution in [0.5, 0.6) is 0 Å². The molecule has 0 aliphatic rings. The molecule has 0 N–H and O–H groups in total. The average molecular weight is 133 g/mol. The van der Waals surface area contributed by atoms with Gasteiger partial charge in [-0.3, -0.25) is 0 Å². The third kappa shape index (κ3) is 1.14. The van der Waals surface area contributed by atoms with Crippen LogP contribution >= 0.6 is 22.9 Å². The summed E-state index contributed by atoms with van der Waals surface area (Å²) in [6.07, 6.45) is 0. The van der Waals surface area contributed by atoms with Crippen molar-refractivity contribution in [3.05, 3.63) is 22.5 Å². The first-order chi connectivity index (χ1) is 3.43. The largest absolute Gasteiger partial charge is 0.248 e. The standard InChI is InChI=1S/C4H3ClNS/c5-1-4-2-7-3-6-4/h1-3H. The summed E-state index contributed by atoms with van der Waals surface area (Å²) < 4.78 is 0. The van der Waals surface area contributed by atoms with E-state index in [9.17, 15) is 0 Å². The Labute approximate surface area is 51.0 Å². The van der Waals surface area contributed by atoms with Crippen molar-refractivity contribution in [2.24, 2.45) is 0 Å². The smallest absolute Gasteiger partial charge is 0.0985 e. The van der Waals surface area contributed by atoms with Gasteiger partial charge in [0.05, 0.1) is 17.1 Å². The van der Waals surface area contributed by atoms with Gasteiger partial charge in [0.15, 0.2) is 0 Å². The number of hydrogen-bond donors (Lipinski definition) is 0. The Balaban J connectivity index is 2.76. The Morgan fingerprint density at radius 2 is 2.71 bits per heavy atom. The van der Waals surface area contributed by atoms with Gasteiger partial charge < -0.3 is 0 Å². The van der Waals surface area contributed by atoms with E-state index in [0.717, 1.165) is 5.69 Å². The normalized spacial score (nSPS) is 9.29. The molecule has 0 fully saturated rings. The maximum absolute atomic E-state index is 5.29. The zero-order chi connectivity index (χ0) is 5.11. The van der Waals surface area contributed by atoms with Crippen molar-refractivity contribution in [2.75, 3.05) is 0 Å². The van der Waals surface area contributed by atoms with Crippen molar-refractivity contribution in [3.63, 3.8) is 0 Å². The van der Waals surface area contributed by atoms with Crippen molar-refractivity contribution < 1.29 is 0 Å². The molecule has 0 aliphatic carbocycles. The molecule has 1 nitrogen and oxygen atoms in total. The molecule has 0 aliphatic heterocycles. The zero-order valence-corrected chi connectivity index (χ0v) is 5.04. The summed E-state index contributed by atoms with van der Waals surface area (Å²) in [5, 5.41) is 1.88. The summed E-state index contributed by atoms with van der Waals surface area (Å²) in [4.78, 5) is 3.87. The number of aromatic nitrogens is 1. The van der Waals surface area contributed by atoms with E-state index in [2.05, 4.69) is 4.98 Å². The molecule has 1 aromatic heterocycles. The van der Waals surface area contributed by atoms with Crippen LogP contribution in [0.2, 0.25) is 0 Å². The van der Waals surface area contributed by atoms with Crippen LogP contribution in [-0.2, 0) is 0 Å². The lowest BCUT2D eigenvalue weighted by Gasteiger charge is -1.74. The Hall–Kier alpha value is -0.0800. The second-order valence-electron chi connectivity index (χ2n) is 1.02. The third-order valence-electron chi connectivity index (χ3n) is 0.563. The lowest BCUT2D eigenvalue weighted by Crippen LogP contribution is -1.67. The average Bonchev–Trinajstić information content (AvgIpc) is 2.14. The fraction of sp³-hybridized carbons (Fsp3) is 0. The summed E-state index contributed by atoms with van der Waals surface area (Å²) in [5.74, 6) is 1.45. The molecule has 1 aromatic rings. The first kappa shape index (κ1) is 5.06. The van der Waals surface area contributed by atoms with Crippen LogP contribution in [0, 0.1) is 5.88 Å². The van der Waals surface area contributed by atoms with Gasteiger partial charge in [-0.1, -0.05) is 0 Å². The van der Waals surface area contributed by atoms with Crippen molar-refractivity contribution in [1.29, 1.82) is 0 Å². The Bertz CT molecular complexity index is 126. The first-order valence-corrected chi connectivity index (χ1v) is 3.13. The molecule has 1 radical (unpaired) electrons. The van der Waals surface area contributed by atoms with Crippen LogP contribution in [0.4, 0.5) is 0 Å². The maximum atomic E-state index is 5.29. The van der Waals surface area contributed by atoms with E-state index in [1.54, 1.807) is 5.51 Å². The second-order valence-corrected chi connectivity index (χ2v) is 1.96. The van der Waals surface area contributed by atoms with Gasteiger partial charge in [0.2, 0.25) is 0 Å². The summed E-state index contributed by atoms with van der Waals surface area (Å²) in [5.41, 5.74) is 2.58. The van der Waals surface area contributed by atoms with Crippen LogP contribution in [-0.4, -0.2) is 4.98 Å². The molecule has 0 saturated heterocycles. The number of rotatable bonds is 1. The minimum absolute atomic E-state index is 0.840. The maximum Gasteiger partial charge on any atom is 0.0985 e. The molecule has 37 valence electrons. The highest BCUT2D eigenvalue weighted by atomic mass is 35.5. The fourth-order valence-electron chi connectivity index (χ4n) is 0.276. The lowest BCUT2D eigenvalue weighted by molar-refractivity contribution is 1.34. The summed E-state index contributed by atoms with van der Waals surface area (Å²) in [7, 11) is 0. The first-order valence-electron chi connectivity index (χ1n) is 1.75. The molecule has 0 aromatic carbocycles. The quantitative estimate of drug-likeness (QED) is 0.569. The van der Waals surface area contributed by atoms with E-state index < -0.39 is 0 Å². The molecule has 1 rings (SSSR count). The van der Waals surface area contributed by atoms with E-state index >= 15 is 0 Å². The van der Waals surface area contributed by atoms with Gasteiger partial charge in [0.25, 0.3) is 0 Å². The molecular formula is C4H3ClNS. The van der Waals surface area contributed by atoms with Crippen LogP contribution < -0.4 is 0 Å². The molecular weight excluding hydrogens is 130 g/mol. The van der Waals surface area contributed by atoms with E-state index in [1.807, 2.05) is 5.38 Å². The predicted molar refractivity (Wildman–Crippen MR) is 31.4 cm³/mol. The van der Waals surface area contributed by atoms with Crippen LogP contribution in [0.15, 0.2) is 10.9 Å². The number of thiazole rings is 1. The number of halogens is 1. The zero-order valence-electron chi connectivity index (χ0n) is 3.47. The van der Waals surface area contributed by atoms with E-state index in [4.69, 9.17) is 11.6 Å².